The van der Waals surface area contributed by atoms with Gasteiger partial charge in [0, 0.05) is 16.7 Å². The van der Waals surface area contributed by atoms with Crippen LogP contribution in [0.4, 0.5) is 18.9 Å². The molecule has 3 aromatic rings. The van der Waals surface area contributed by atoms with Gasteiger partial charge < -0.3 is 23.8 Å². The van der Waals surface area contributed by atoms with Crippen LogP contribution in [-0.4, -0.2) is 56.9 Å². The van der Waals surface area contributed by atoms with Crippen molar-refractivity contribution in [2.45, 2.75) is 36.2 Å². The van der Waals surface area contributed by atoms with Crippen molar-refractivity contribution in [2.24, 2.45) is 0 Å². The topological polar surface area (TPSA) is 116 Å². The number of anilines is 1. The molecule has 1 aromatic heterocycles. The highest BCUT2D eigenvalue weighted by Gasteiger charge is 2.53. The number of ether oxygens (including phenoxy) is 4. The summed E-state index contributed by atoms with van der Waals surface area (Å²) in [5, 5.41) is -0.136. The van der Waals surface area contributed by atoms with E-state index in [-0.39, 0.29) is 35.3 Å². The first kappa shape index (κ1) is 28.6. The summed E-state index contributed by atoms with van der Waals surface area (Å²) in [7, 11) is -1.65. The van der Waals surface area contributed by atoms with Gasteiger partial charge in [0.1, 0.15) is 34.3 Å². The molecule has 15 heteroatoms. The molecule has 0 saturated heterocycles. The summed E-state index contributed by atoms with van der Waals surface area (Å²) in [6.07, 6.45) is -2.69. The maximum atomic E-state index is 13.9. The first-order chi connectivity index (χ1) is 19.3. The molecule has 218 valence electrons. The molecule has 2 aromatic carbocycles. The Balaban J connectivity index is 1.47. The van der Waals surface area contributed by atoms with Gasteiger partial charge in [-0.15, -0.1) is 13.2 Å². The SMILES string of the molecule is COc1ccc(CN2C(=O)c3cc(NS(=O)(=O)c4cc(Cl)ccc4OC(F)(F)F)cnc3OCC23CC3)c(OC)c1. The molecule has 2 aliphatic rings. The lowest BCUT2D eigenvalue weighted by Crippen LogP contribution is -2.43. The molecule has 1 amide bonds. The van der Waals surface area contributed by atoms with E-state index in [1.54, 1.807) is 23.1 Å². The number of hydrogen-bond donors (Lipinski definition) is 1. The number of hydrogen-bond acceptors (Lipinski definition) is 8. The lowest BCUT2D eigenvalue weighted by Gasteiger charge is -2.30. The molecule has 1 N–H and O–H groups in total. The number of fused-ring (bicyclic) bond motifs is 1. The molecule has 1 fully saturated rings. The summed E-state index contributed by atoms with van der Waals surface area (Å²) in [6.45, 7) is 0.328. The number of halogens is 4. The summed E-state index contributed by atoms with van der Waals surface area (Å²) in [5.74, 6) is -0.363. The number of alkyl halides is 3. The van der Waals surface area contributed by atoms with Crippen molar-refractivity contribution in [3.63, 3.8) is 0 Å². The van der Waals surface area contributed by atoms with E-state index in [0.717, 1.165) is 24.4 Å². The number of benzene rings is 2. The Hall–Kier alpha value is -3.91. The van der Waals surface area contributed by atoms with Crippen LogP contribution in [-0.2, 0) is 16.6 Å². The number of carbonyl (C=O) groups excluding carboxylic acids is 1. The van der Waals surface area contributed by atoms with E-state index in [9.17, 15) is 26.4 Å². The molecule has 0 atom stereocenters. The predicted molar refractivity (Wildman–Crippen MR) is 140 cm³/mol. The third-order valence-corrected chi connectivity index (χ3v) is 8.34. The van der Waals surface area contributed by atoms with Crippen molar-refractivity contribution in [2.75, 3.05) is 25.5 Å². The Bertz CT molecular complexity index is 1610. The summed E-state index contributed by atoms with van der Waals surface area (Å²) >= 11 is 5.86. The van der Waals surface area contributed by atoms with Crippen molar-refractivity contribution < 1.29 is 45.3 Å². The quantitative estimate of drug-likeness (QED) is 0.377. The maximum Gasteiger partial charge on any atom is 0.573 e. The van der Waals surface area contributed by atoms with Crippen molar-refractivity contribution in [3.05, 3.63) is 64.8 Å². The number of methoxy groups -OCH3 is 2. The number of pyridine rings is 1. The zero-order chi connectivity index (χ0) is 29.6. The lowest BCUT2D eigenvalue weighted by molar-refractivity contribution is -0.275. The van der Waals surface area contributed by atoms with Gasteiger partial charge in [0.15, 0.2) is 0 Å². The van der Waals surface area contributed by atoms with Crippen LogP contribution in [0.1, 0.15) is 28.8 Å². The smallest absolute Gasteiger partial charge is 0.497 e. The van der Waals surface area contributed by atoms with Crippen LogP contribution in [0.3, 0.4) is 0 Å². The Morgan fingerprint density at radius 2 is 1.85 bits per heavy atom. The van der Waals surface area contributed by atoms with Crippen molar-refractivity contribution in [1.29, 1.82) is 0 Å². The van der Waals surface area contributed by atoms with Gasteiger partial charge in [-0.1, -0.05) is 11.6 Å². The Labute approximate surface area is 238 Å². The first-order valence-electron chi connectivity index (χ1n) is 12.1. The minimum Gasteiger partial charge on any atom is -0.497 e. The predicted octanol–water partition coefficient (Wildman–Crippen LogP) is 5.02. The van der Waals surface area contributed by atoms with E-state index >= 15 is 0 Å². The summed E-state index contributed by atoms with van der Waals surface area (Å²) in [5.41, 5.74) is -0.0986. The number of rotatable bonds is 8. The fourth-order valence-electron chi connectivity index (χ4n) is 4.48. The molecule has 2 heterocycles. The molecule has 1 spiro atoms. The van der Waals surface area contributed by atoms with Gasteiger partial charge in [-0.25, -0.2) is 13.4 Å². The minimum atomic E-state index is -5.15. The first-order valence-corrected chi connectivity index (χ1v) is 13.9. The maximum absolute atomic E-state index is 13.9. The van der Waals surface area contributed by atoms with E-state index in [1.165, 1.54) is 20.3 Å². The highest BCUT2D eigenvalue weighted by Crippen LogP contribution is 2.47. The highest BCUT2D eigenvalue weighted by molar-refractivity contribution is 7.92. The van der Waals surface area contributed by atoms with E-state index in [4.69, 9.17) is 25.8 Å². The zero-order valence-corrected chi connectivity index (χ0v) is 23.2. The number of amides is 1. The van der Waals surface area contributed by atoms with Crippen molar-refractivity contribution in [3.8, 4) is 23.1 Å². The molecule has 1 aliphatic heterocycles. The van der Waals surface area contributed by atoms with Gasteiger partial charge in [0.25, 0.3) is 15.9 Å². The van der Waals surface area contributed by atoms with Crippen LogP contribution < -0.4 is 23.7 Å². The van der Waals surface area contributed by atoms with Crippen LogP contribution in [0.25, 0.3) is 0 Å². The number of nitrogens with zero attached hydrogens (tertiary/aromatic N) is 2. The lowest BCUT2D eigenvalue weighted by atomic mass is 10.1. The zero-order valence-electron chi connectivity index (χ0n) is 21.6. The normalized spacial score (nSPS) is 16.0. The number of nitrogens with one attached hydrogen (secondary N) is 1. The van der Waals surface area contributed by atoms with Gasteiger partial charge in [-0.2, -0.15) is 0 Å². The molecule has 1 saturated carbocycles. The van der Waals surface area contributed by atoms with Crippen molar-refractivity contribution in [1.82, 2.24) is 9.88 Å². The van der Waals surface area contributed by atoms with Gasteiger partial charge in [0.05, 0.1) is 38.2 Å². The number of carbonyl (C=O) groups is 1. The minimum absolute atomic E-state index is 0.00253. The van der Waals surface area contributed by atoms with Crippen molar-refractivity contribution >= 4 is 33.2 Å². The number of aromatic nitrogens is 1. The van der Waals surface area contributed by atoms with Gasteiger partial charge in [0.2, 0.25) is 5.88 Å². The summed E-state index contributed by atoms with van der Waals surface area (Å²) in [4.78, 5) is 18.8. The molecule has 0 radical (unpaired) electrons. The van der Waals surface area contributed by atoms with E-state index in [0.29, 0.717) is 29.9 Å². The highest BCUT2D eigenvalue weighted by atomic mass is 35.5. The summed E-state index contributed by atoms with van der Waals surface area (Å²) in [6, 6.07) is 9.10. The molecule has 41 heavy (non-hydrogen) atoms. The van der Waals surface area contributed by atoms with E-state index in [1.807, 2.05) is 0 Å². The fraction of sp³-hybridized carbons (Fsp3) is 0.308. The molecular weight excluding hydrogens is 591 g/mol. The molecular formula is C26H23ClF3N3O7S. The molecule has 0 bridgehead atoms. The van der Waals surface area contributed by atoms with Gasteiger partial charge in [-0.05, 0) is 49.2 Å². The second kappa shape index (κ2) is 10.5. The largest absolute Gasteiger partial charge is 0.573 e. The average molecular weight is 614 g/mol. The standard InChI is InChI=1S/C26H23ClF3N3O7S/c1-37-18-5-3-15(21(11-18)38-2)13-33-24(34)19-10-17(12-31-23(19)39-14-25(33)7-8-25)32-41(35,36)22-9-16(27)4-6-20(22)40-26(28,29)30/h3-6,9-12,32H,7-8,13-14H2,1-2H3. The van der Waals surface area contributed by atoms with Crippen LogP contribution in [0, 0.1) is 0 Å². The summed E-state index contributed by atoms with van der Waals surface area (Å²) < 4.78 is 87.6. The second-order valence-electron chi connectivity index (χ2n) is 9.40. The average Bonchev–Trinajstić information content (AvgIpc) is 3.72. The van der Waals surface area contributed by atoms with Gasteiger partial charge >= 0.3 is 6.36 Å². The van der Waals surface area contributed by atoms with Crippen LogP contribution in [0.5, 0.6) is 23.1 Å². The van der Waals surface area contributed by atoms with Gasteiger partial charge in [-0.3, -0.25) is 9.52 Å². The molecule has 5 rings (SSSR count). The molecule has 1 aliphatic carbocycles. The fourth-order valence-corrected chi connectivity index (χ4v) is 5.90. The van der Waals surface area contributed by atoms with Crippen LogP contribution in [0.2, 0.25) is 5.02 Å². The molecule has 0 unspecified atom stereocenters. The van der Waals surface area contributed by atoms with E-state index < -0.39 is 38.5 Å². The monoisotopic (exact) mass is 613 g/mol. The van der Waals surface area contributed by atoms with Crippen LogP contribution >= 0.6 is 11.6 Å². The number of sulfonamides is 1. The van der Waals surface area contributed by atoms with Crippen LogP contribution in [0.15, 0.2) is 53.6 Å². The third-order valence-electron chi connectivity index (χ3n) is 6.70. The Kier molecular flexibility index (Phi) is 7.32. The second-order valence-corrected chi connectivity index (χ2v) is 11.5. The Morgan fingerprint density at radius 3 is 2.51 bits per heavy atom. The Morgan fingerprint density at radius 1 is 1.10 bits per heavy atom. The third kappa shape index (κ3) is 5.93. The molecule has 10 nitrogen and oxygen atoms in total. The van der Waals surface area contributed by atoms with E-state index in [2.05, 4.69) is 14.4 Å².